The molecule has 7 nitrogen and oxygen atoms in total. The number of nitrogens with zero attached hydrogens (tertiary/aromatic N) is 2. The number of esters is 1. The standard InChI is InChI=1S/C28H23N3O4S2/c1-3-35-28(34)24-21(18-10-6-4-7-11-18)16-36-26(24)30-23(32)15-31-17(2)29-25-20(27(31)33)14-22(37-25)19-12-8-5-9-13-19/h4-14,16H,3,15H2,1-2H3,(H,30,32). The van der Waals surface area contributed by atoms with Crippen LogP contribution in [0.5, 0.6) is 0 Å². The van der Waals surface area contributed by atoms with Crippen molar-refractivity contribution < 1.29 is 14.3 Å². The number of amides is 1. The molecule has 5 aromatic rings. The van der Waals surface area contributed by atoms with Crippen molar-refractivity contribution in [3.05, 3.63) is 93.9 Å². The normalized spacial score (nSPS) is 11.0. The lowest BCUT2D eigenvalue weighted by atomic mass is 10.0. The van der Waals surface area contributed by atoms with Crippen molar-refractivity contribution in [3.8, 4) is 21.6 Å². The number of carbonyl (C=O) groups is 2. The Kier molecular flexibility index (Phi) is 6.98. The molecule has 0 atom stereocenters. The number of nitrogens with one attached hydrogen (secondary N) is 1. The molecule has 5 rings (SSSR count). The summed E-state index contributed by atoms with van der Waals surface area (Å²) in [6, 6.07) is 21.1. The number of carbonyl (C=O) groups excluding carboxylic acids is 2. The maximum atomic E-state index is 13.3. The molecule has 3 heterocycles. The molecule has 0 fully saturated rings. The Morgan fingerprint density at radius 3 is 2.38 bits per heavy atom. The van der Waals surface area contributed by atoms with Gasteiger partial charge >= 0.3 is 5.97 Å². The van der Waals surface area contributed by atoms with Gasteiger partial charge < -0.3 is 10.1 Å². The number of rotatable bonds is 7. The Morgan fingerprint density at radius 2 is 1.70 bits per heavy atom. The van der Waals surface area contributed by atoms with E-state index in [0.29, 0.717) is 32.2 Å². The fraction of sp³-hybridized carbons (Fsp3) is 0.143. The Morgan fingerprint density at radius 1 is 1.03 bits per heavy atom. The number of anilines is 1. The van der Waals surface area contributed by atoms with E-state index in [1.165, 1.54) is 27.2 Å². The van der Waals surface area contributed by atoms with Gasteiger partial charge in [0, 0.05) is 15.8 Å². The molecular formula is C28H23N3O4S2. The Labute approximate surface area is 221 Å². The third-order valence-corrected chi connectivity index (χ3v) is 7.78. The number of hydrogen-bond donors (Lipinski definition) is 1. The first-order valence-corrected chi connectivity index (χ1v) is 13.4. The van der Waals surface area contributed by atoms with Crippen molar-refractivity contribution in [1.82, 2.24) is 9.55 Å². The van der Waals surface area contributed by atoms with Crippen molar-refractivity contribution in [2.45, 2.75) is 20.4 Å². The highest BCUT2D eigenvalue weighted by Gasteiger charge is 2.23. The smallest absolute Gasteiger partial charge is 0.341 e. The lowest BCUT2D eigenvalue weighted by molar-refractivity contribution is -0.116. The Bertz CT molecular complexity index is 1650. The first-order chi connectivity index (χ1) is 18.0. The molecule has 1 amide bonds. The molecule has 0 unspecified atom stereocenters. The molecule has 2 aromatic carbocycles. The van der Waals surface area contributed by atoms with Gasteiger partial charge in [-0.05, 0) is 31.0 Å². The zero-order chi connectivity index (χ0) is 25.9. The van der Waals surface area contributed by atoms with E-state index in [2.05, 4.69) is 10.3 Å². The van der Waals surface area contributed by atoms with E-state index in [9.17, 15) is 14.4 Å². The summed E-state index contributed by atoms with van der Waals surface area (Å²) in [5, 5.41) is 5.48. The number of aromatic nitrogens is 2. The predicted molar refractivity (Wildman–Crippen MR) is 148 cm³/mol. The van der Waals surface area contributed by atoms with Gasteiger partial charge in [-0.1, -0.05) is 60.7 Å². The van der Waals surface area contributed by atoms with E-state index < -0.39 is 11.9 Å². The van der Waals surface area contributed by atoms with Crippen molar-refractivity contribution >= 4 is 49.8 Å². The molecule has 3 aromatic heterocycles. The van der Waals surface area contributed by atoms with Gasteiger partial charge in [-0.25, -0.2) is 9.78 Å². The number of thiophene rings is 2. The van der Waals surface area contributed by atoms with Gasteiger partial charge in [0.15, 0.2) is 0 Å². The van der Waals surface area contributed by atoms with Crippen LogP contribution >= 0.6 is 22.7 Å². The third kappa shape index (κ3) is 4.96. The molecule has 37 heavy (non-hydrogen) atoms. The average Bonchev–Trinajstić information content (AvgIpc) is 3.52. The van der Waals surface area contributed by atoms with E-state index in [0.717, 1.165) is 16.0 Å². The van der Waals surface area contributed by atoms with E-state index in [4.69, 9.17) is 4.74 Å². The third-order valence-electron chi connectivity index (χ3n) is 5.81. The van der Waals surface area contributed by atoms with Crippen molar-refractivity contribution in [2.75, 3.05) is 11.9 Å². The summed E-state index contributed by atoms with van der Waals surface area (Å²) < 4.78 is 6.62. The minimum absolute atomic E-state index is 0.210. The highest BCUT2D eigenvalue weighted by molar-refractivity contribution is 7.21. The topological polar surface area (TPSA) is 90.3 Å². The number of aryl methyl sites for hydroxylation is 1. The van der Waals surface area contributed by atoms with Gasteiger partial charge in [-0.3, -0.25) is 14.2 Å². The first-order valence-electron chi connectivity index (χ1n) is 11.7. The molecule has 9 heteroatoms. The fourth-order valence-electron chi connectivity index (χ4n) is 4.04. The summed E-state index contributed by atoms with van der Waals surface area (Å²) in [5.74, 6) is -0.506. The molecule has 0 saturated carbocycles. The Hall–Kier alpha value is -4.08. The summed E-state index contributed by atoms with van der Waals surface area (Å²) >= 11 is 2.69. The highest BCUT2D eigenvalue weighted by Crippen LogP contribution is 2.36. The molecule has 0 bridgehead atoms. The summed E-state index contributed by atoms with van der Waals surface area (Å²) in [5.41, 5.74) is 2.55. The van der Waals surface area contributed by atoms with Gasteiger partial charge in [0.1, 0.15) is 27.8 Å². The largest absolute Gasteiger partial charge is 0.462 e. The minimum atomic E-state index is -0.513. The monoisotopic (exact) mass is 529 g/mol. The van der Waals surface area contributed by atoms with Gasteiger partial charge in [0.2, 0.25) is 5.91 Å². The maximum absolute atomic E-state index is 13.3. The van der Waals surface area contributed by atoms with E-state index in [1.54, 1.807) is 13.8 Å². The summed E-state index contributed by atoms with van der Waals surface area (Å²) in [6.45, 7) is 3.42. The van der Waals surface area contributed by atoms with Crippen molar-refractivity contribution in [3.63, 3.8) is 0 Å². The highest BCUT2D eigenvalue weighted by atomic mass is 32.1. The molecule has 0 saturated heterocycles. The fourth-order valence-corrected chi connectivity index (χ4v) is 6.09. The zero-order valence-corrected chi connectivity index (χ0v) is 21.8. The lowest BCUT2D eigenvalue weighted by Gasteiger charge is -2.11. The zero-order valence-electron chi connectivity index (χ0n) is 20.2. The SMILES string of the molecule is CCOC(=O)c1c(-c2ccccc2)csc1NC(=O)Cn1c(C)nc2sc(-c3ccccc3)cc2c1=O. The van der Waals surface area contributed by atoms with Crippen molar-refractivity contribution in [1.29, 1.82) is 0 Å². The van der Waals surface area contributed by atoms with Gasteiger partial charge in [0.25, 0.3) is 5.56 Å². The second kappa shape index (κ2) is 10.5. The van der Waals surface area contributed by atoms with E-state index in [1.807, 2.05) is 72.1 Å². The number of benzene rings is 2. The van der Waals surface area contributed by atoms with Gasteiger partial charge in [-0.2, -0.15) is 0 Å². The number of ether oxygens (including phenoxy) is 1. The summed E-state index contributed by atoms with van der Waals surface area (Å²) in [4.78, 5) is 45.4. The van der Waals surface area contributed by atoms with Crippen molar-refractivity contribution in [2.24, 2.45) is 0 Å². The molecule has 0 aliphatic carbocycles. The Balaban J connectivity index is 1.45. The number of hydrogen-bond acceptors (Lipinski definition) is 7. The van der Waals surface area contributed by atoms with E-state index in [-0.39, 0.29) is 18.7 Å². The van der Waals surface area contributed by atoms with Crippen LogP contribution in [0.2, 0.25) is 0 Å². The van der Waals surface area contributed by atoms with Crippen LogP contribution in [-0.4, -0.2) is 28.0 Å². The maximum Gasteiger partial charge on any atom is 0.341 e. The molecule has 186 valence electrons. The first kappa shape index (κ1) is 24.6. The number of fused-ring (bicyclic) bond motifs is 1. The summed E-state index contributed by atoms with van der Waals surface area (Å²) in [6.07, 6.45) is 0. The average molecular weight is 530 g/mol. The minimum Gasteiger partial charge on any atom is -0.462 e. The van der Waals surface area contributed by atoms with E-state index >= 15 is 0 Å². The van der Waals surface area contributed by atoms with Crippen LogP contribution in [0, 0.1) is 6.92 Å². The van der Waals surface area contributed by atoms with Crippen LogP contribution in [0.1, 0.15) is 23.1 Å². The van der Waals surface area contributed by atoms with Crippen LogP contribution < -0.4 is 10.9 Å². The molecule has 0 aliphatic rings. The molecular weight excluding hydrogens is 506 g/mol. The van der Waals surface area contributed by atoms with Gasteiger partial charge in [-0.15, -0.1) is 22.7 Å². The molecule has 0 aliphatic heterocycles. The van der Waals surface area contributed by atoms with Crippen LogP contribution in [0.4, 0.5) is 5.00 Å². The van der Waals surface area contributed by atoms with Gasteiger partial charge in [0.05, 0.1) is 12.0 Å². The second-order valence-corrected chi connectivity index (χ2v) is 10.1. The summed E-state index contributed by atoms with van der Waals surface area (Å²) in [7, 11) is 0. The van der Waals surface area contributed by atoms with Crippen LogP contribution in [0.3, 0.4) is 0 Å². The second-order valence-electron chi connectivity index (χ2n) is 8.23. The quantitative estimate of drug-likeness (QED) is 0.262. The molecule has 0 radical (unpaired) electrons. The van der Waals surface area contributed by atoms with Crippen LogP contribution in [-0.2, 0) is 16.1 Å². The molecule has 1 N–H and O–H groups in total. The lowest BCUT2D eigenvalue weighted by Crippen LogP contribution is -2.30. The predicted octanol–water partition coefficient (Wildman–Crippen LogP) is 5.98. The van der Waals surface area contributed by atoms with Crippen LogP contribution in [0.15, 0.2) is 76.9 Å². The van der Waals surface area contributed by atoms with Crippen LogP contribution in [0.25, 0.3) is 31.8 Å². The molecule has 0 spiro atoms.